The molecule has 4 aromatic rings. The van der Waals surface area contributed by atoms with Crippen LogP contribution in [-0.4, -0.2) is 50.4 Å². The highest BCUT2D eigenvalue weighted by Gasteiger charge is 2.35. The predicted molar refractivity (Wildman–Crippen MR) is 187 cm³/mol. The van der Waals surface area contributed by atoms with Gasteiger partial charge in [0.05, 0.1) is 17.2 Å². The quantitative estimate of drug-likeness (QED) is 0.159. The molecule has 9 heteroatoms. The van der Waals surface area contributed by atoms with Crippen LogP contribution >= 0.6 is 0 Å². The van der Waals surface area contributed by atoms with Crippen molar-refractivity contribution in [1.82, 2.24) is 10.2 Å². The third kappa shape index (κ3) is 9.23. The maximum absolute atomic E-state index is 14.7. The minimum absolute atomic E-state index is 0.0607. The van der Waals surface area contributed by atoms with Gasteiger partial charge in [-0.25, -0.2) is 8.42 Å². The fraction of sp³-hybridized carbons (Fsp3) is 0.316. The zero-order valence-electron chi connectivity index (χ0n) is 27.8. The highest BCUT2D eigenvalue weighted by Crippen LogP contribution is 2.27. The van der Waals surface area contributed by atoms with Gasteiger partial charge in [0.15, 0.2) is 0 Å². The second-order valence-electron chi connectivity index (χ2n) is 11.7. The lowest BCUT2D eigenvalue weighted by Crippen LogP contribution is -2.54. The van der Waals surface area contributed by atoms with Crippen molar-refractivity contribution in [2.75, 3.05) is 17.5 Å². The first-order valence-corrected chi connectivity index (χ1v) is 17.5. The molecule has 2 atom stereocenters. The molecule has 47 heavy (non-hydrogen) atoms. The lowest BCUT2D eigenvalue weighted by atomic mass is 10.0. The zero-order valence-corrected chi connectivity index (χ0v) is 28.7. The van der Waals surface area contributed by atoms with E-state index in [1.807, 2.05) is 89.2 Å². The van der Waals surface area contributed by atoms with Crippen molar-refractivity contribution < 1.29 is 22.7 Å². The Hall–Kier alpha value is -4.63. The van der Waals surface area contributed by atoms with Gasteiger partial charge in [-0.3, -0.25) is 13.9 Å². The number of amides is 2. The molecule has 0 aliphatic carbocycles. The molecule has 0 heterocycles. The number of aryl methyl sites for hydroxylation is 2. The van der Waals surface area contributed by atoms with Crippen LogP contribution in [0, 0.1) is 13.8 Å². The molecule has 0 aromatic heterocycles. The maximum atomic E-state index is 14.7. The summed E-state index contributed by atoms with van der Waals surface area (Å²) < 4.78 is 35.2. The van der Waals surface area contributed by atoms with Gasteiger partial charge < -0.3 is 15.0 Å². The summed E-state index contributed by atoms with van der Waals surface area (Å²) in [6, 6.07) is 29.4. The normalized spacial score (nSPS) is 12.5. The number of nitrogens with one attached hydrogen (secondary N) is 1. The number of nitrogens with zero attached hydrogens (tertiary/aromatic N) is 2. The van der Waals surface area contributed by atoms with Crippen LogP contribution in [-0.2, 0) is 32.6 Å². The molecule has 0 spiro atoms. The first-order valence-electron chi connectivity index (χ1n) is 16.0. The van der Waals surface area contributed by atoms with Crippen molar-refractivity contribution in [2.24, 2.45) is 0 Å². The molecule has 0 saturated carbocycles. The Balaban J connectivity index is 1.81. The Labute approximate surface area is 279 Å². The SMILES string of the molecule is CCOc1ccc(N(CC(=O)N(Cc2ccccc2C)[C@H](Cc2ccccc2)C(=O)N[C@@H](C)CC)S(=O)(=O)c2ccc(C)cc2)cc1. The van der Waals surface area contributed by atoms with E-state index in [2.05, 4.69) is 5.32 Å². The number of carbonyl (C=O) groups is 2. The Morgan fingerprint density at radius 1 is 0.830 bits per heavy atom. The molecule has 4 aromatic carbocycles. The molecule has 2 amide bonds. The lowest BCUT2D eigenvalue weighted by molar-refractivity contribution is -0.140. The summed E-state index contributed by atoms with van der Waals surface area (Å²) in [5.74, 6) is -0.210. The minimum atomic E-state index is -4.19. The molecule has 0 aliphatic rings. The predicted octanol–water partition coefficient (Wildman–Crippen LogP) is 6.45. The molecule has 0 unspecified atom stereocenters. The second-order valence-corrected chi connectivity index (χ2v) is 13.6. The summed E-state index contributed by atoms with van der Waals surface area (Å²) in [6.45, 7) is 9.68. The first-order chi connectivity index (χ1) is 22.5. The molecule has 0 saturated heterocycles. The number of sulfonamides is 1. The fourth-order valence-electron chi connectivity index (χ4n) is 5.21. The van der Waals surface area contributed by atoms with E-state index in [4.69, 9.17) is 4.74 Å². The molecule has 8 nitrogen and oxygen atoms in total. The topological polar surface area (TPSA) is 96.0 Å². The number of hydrogen-bond donors (Lipinski definition) is 1. The van der Waals surface area contributed by atoms with Gasteiger partial charge in [-0.15, -0.1) is 0 Å². The van der Waals surface area contributed by atoms with E-state index in [9.17, 15) is 18.0 Å². The van der Waals surface area contributed by atoms with Crippen LogP contribution in [0.3, 0.4) is 0 Å². The fourth-order valence-corrected chi connectivity index (χ4v) is 6.62. The molecular weight excluding hydrogens is 611 g/mol. The van der Waals surface area contributed by atoms with Crippen LogP contribution in [0.25, 0.3) is 0 Å². The van der Waals surface area contributed by atoms with Crippen LogP contribution in [0.1, 0.15) is 49.4 Å². The Morgan fingerprint density at radius 2 is 1.47 bits per heavy atom. The van der Waals surface area contributed by atoms with E-state index in [0.29, 0.717) is 18.0 Å². The van der Waals surface area contributed by atoms with Gasteiger partial charge in [0.2, 0.25) is 11.8 Å². The third-order valence-electron chi connectivity index (χ3n) is 8.20. The van der Waals surface area contributed by atoms with Crippen molar-refractivity contribution in [3.8, 4) is 5.75 Å². The van der Waals surface area contributed by atoms with E-state index < -0.39 is 28.5 Å². The number of benzene rings is 4. The maximum Gasteiger partial charge on any atom is 0.264 e. The average molecular weight is 656 g/mol. The van der Waals surface area contributed by atoms with Crippen molar-refractivity contribution in [1.29, 1.82) is 0 Å². The van der Waals surface area contributed by atoms with Crippen molar-refractivity contribution >= 4 is 27.5 Å². The molecular formula is C38H45N3O5S. The van der Waals surface area contributed by atoms with E-state index in [1.165, 1.54) is 4.90 Å². The molecule has 1 N–H and O–H groups in total. The molecule has 4 rings (SSSR count). The number of carbonyl (C=O) groups excluding carboxylic acids is 2. The largest absolute Gasteiger partial charge is 0.494 e. The summed E-state index contributed by atoms with van der Waals surface area (Å²) >= 11 is 0. The van der Waals surface area contributed by atoms with E-state index >= 15 is 0 Å². The molecule has 0 radical (unpaired) electrons. The van der Waals surface area contributed by atoms with E-state index in [0.717, 1.165) is 33.0 Å². The van der Waals surface area contributed by atoms with Crippen molar-refractivity contribution in [2.45, 2.75) is 71.0 Å². The highest BCUT2D eigenvalue weighted by molar-refractivity contribution is 7.92. The monoisotopic (exact) mass is 655 g/mol. The minimum Gasteiger partial charge on any atom is -0.494 e. The summed E-state index contributed by atoms with van der Waals surface area (Å²) in [7, 11) is -4.19. The summed E-state index contributed by atoms with van der Waals surface area (Å²) in [6.07, 6.45) is 0.977. The Bertz CT molecular complexity index is 1730. The van der Waals surface area contributed by atoms with Crippen LogP contribution in [0.4, 0.5) is 5.69 Å². The van der Waals surface area contributed by atoms with Crippen molar-refractivity contribution in [3.05, 3.63) is 125 Å². The van der Waals surface area contributed by atoms with Gasteiger partial charge in [0.25, 0.3) is 10.0 Å². The lowest BCUT2D eigenvalue weighted by Gasteiger charge is -2.34. The van der Waals surface area contributed by atoms with Gasteiger partial charge in [-0.1, -0.05) is 79.2 Å². The standard InChI is InChI=1S/C38H45N3O5S/c1-6-30(5)39-38(43)36(25-31-14-9-8-10-15-31)40(26-32-16-12-11-13-29(32)4)37(42)27-41(33-19-21-34(22-20-33)46-7-2)47(44,45)35-23-17-28(3)18-24-35/h8-24,30,36H,6-7,25-27H2,1-5H3,(H,39,43)/t30-,36+/m0/s1. The number of rotatable bonds is 15. The highest BCUT2D eigenvalue weighted by atomic mass is 32.2. The van der Waals surface area contributed by atoms with Crippen LogP contribution < -0.4 is 14.4 Å². The molecule has 248 valence electrons. The van der Waals surface area contributed by atoms with E-state index in [-0.39, 0.29) is 29.8 Å². The van der Waals surface area contributed by atoms with Gasteiger partial charge in [0, 0.05) is 19.0 Å². The van der Waals surface area contributed by atoms with Crippen LogP contribution in [0.5, 0.6) is 5.75 Å². The molecule has 0 fully saturated rings. The summed E-state index contributed by atoms with van der Waals surface area (Å²) in [4.78, 5) is 30.2. The third-order valence-corrected chi connectivity index (χ3v) is 9.99. The molecule has 0 aliphatic heterocycles. The number of hydrogen-bond acceptors (Lipinski definition) is 5. The first kappa shape index (κ1) is 35.2. The summed E-state index contributed by atoms with van der Waals surface area (Å²) in [5.41, 5.74) is 3.93. The van der Waals surface area contributed by atoms with Crippen LogP contribution in [0.2, 0.25) is 0 Å². The smallest absolute Gasteiger partial charge is 0.264 e. The zero-order chi connectivity index (χ0) is 34.0. The van der Waals surface area contributed by atoms with Gasteiger partial charge in [-0.2, -0.15) is 0 Å². The second kappa shape index (κ2) is 16.3. The van der Waals surface area contributed by atoms with E-state index in [1.54, 1.807) is 48.5 Å². The molecule has 0 bridgehead atoms. The Kier molecular flexibility index (Phi) is 12.2. The van der Waals surface area contributed by atoms with Gasteiger partial charge in [0.1, 0.15) is 18.3 Å². The number of ether oxygens (including phenoxy) is 1. The average Bonchev–Trinajstić information content (AvgIpc) is 3.07. The van der Waals surface area contributed by atoms with Crippen molar-refractivity contribution in [3.63, 3.8) is 0 Å². The Morgan fingerprint density at radius 3 is 2.09 bits per heavy atom. The summed E-state index contributed by atoms with van der Waals surface area (Å²) in [5, 5.41) is 3.07. The van der Waals surface area contributed by atoms with Gasteiger partial charge in [-0.05, 0) is 87.2 Å². The van der Waals surface area contributed by atoms with Crippen LogP contribution in [0.15, 0.2) is 108 Å². The number of anilines is 1. The van der Waals surface area contributed by atoms with Gasteiger partial charge >= 0.3 is 0 Å².